The average Bonchev–Trinajstić information content (AvgIpc) is 3.11. The number of amides is 1. The largest absolute Gasteiger partial charge is 0.394 e. The van der Waals surface area contributed by atoms with Crippen LogP contribution in [-0.4, -0.2) is 57.3 Å². The monoisotopic (exact) mass is 694 g/mol. The molecule has 0 heterocycles. The SMILES string of the molecule is CCCCCCCCC/C=C/CCCC(O)C(O)C(CO)NC(=O)C(O)CCCCCCCC/C=C\CCCCCCCCCCCCC. The lowest BCUT2D eigenvalue weighted by molar-refractivity contribution is -0.132. The summed E-state index contributed by atoms with van der Waals surface area (Å²) in [5.74, 6) is -0.599. The molecule has 0 rings (SSSR count). The molecule has 4 unspecified atom stereocenters. The summed E-state index contributed by atoms with van der Waals surface area (Å²) in [5, 5.41) is 43.5. The van der Waals surface area contributed by atoms with Crippen molar-refractivity contribution in [3.8, 4) is 0 Å². The number of aliphatic hydroxyl groups is 4. The number of nitrogens with one attached hydrogen (secondary N) is 1. The maximum Gasteiger partial charge on any atom is 0.249 e. The van der Waals surface area contributed by atoms with Crippen molar-refractivity contribution in [3.05, 3.63) is 24.3 Å². The minimum absolute atomic E-state index is 0.357. The maximum atomic E-state index is 12.5. The Morgan fingerprint density at radius 2 is 0.837 bits per heavy atom. The molecule has 0 aliphatic heterocycles. The molecule has 0 spiro atoms. The van der Waals surface area contributed by atoms with Crippen LogP contribution in [0.25, 0.3) is 0 Å². The van der Waals surface area contributed by atoms with E-state index in [1.807, 2.05) is 0 Å². The molecular formula is C43H83NO5. The summed E-state index contributed by atoms with van der Waals surface area (Å²) in [6.07, 6.45) is 42.1. The molecule has 0 aliphatic carbocycles. The standard InChI is InChI=1S/C43H83NO5/c1-3-5-7-9-11-13-15-17-18-19-20-21-22-23-24-25-27-29-31-33-35-37-41(47)43(49)44-39(38-45)42(48)40(46)36-34-32-30-28-26-16-14-12-10-8-6-4-2/h22-23,28,30,39-42,45-48H,3-21,24-27,29,31-38H2,1-2H3,(H,44,49)/b23-22-,30-28+. The van der Waals surface area contributed by atoms with Crippen LogP contribution in [0.1, 0.15) is 213 Å². The van der Waals surface area contributed by atoms with Crippen molar-refractivity contribution >= 4 is 5.91 Å². The van der Waals surface area contributed by atoms with Crippen LogP contribution in [-0.2, 0) is 4.79 Å². The number of allylic oxidation sites excluding steroid dienone is 4. The van der Waals surface area contributed by atoms with Crippen LogP contribution in [0.2, 0.25) is 0 Å². The van der Waals surface area contributed by atoms with Gasteiger partial charge in [-0.1, -0.05) is 173 Å². The van der Waals surface area contributed by atoms with Gasteiger partial charge in [-0.3, -0.25) is 4.79 Å². The van der Waals surface area contributed by atoms with Gasteiger partial charge < -0.3 is 25.7 Å². The Morgan fingerprint density at radius 1 is 0.490 bits per heavy atom. The van der Waals surface area contributed by atoms with Gasteiger partial charge >= 0.3 is 0 Å². The lowest BCUT2D eigenvalue weighted by Gasteiger charge is -2.27. The van der Waals surface area contributed by atoms with Crippen LogP contribution in [0.5, 0.6) is 0 Å². The minimum Gasteiger partial charge on any atom is -0.394 e. The molecule has 0 aromatic heterocycles. The summed E-state index contributed by atoms with van der Waals surface area (Å²) in [4.78, 5) is 12.5. The number of unbranched alkanes of at least 4 members (excludes halogenated alkanes) is 25. The van der Waals surface area contributed by atoms with Crippen LogP contribution in [0, 0.1) is 0 Å². The van der Waals surface area contributed by atoms with Gasteiger partial charge in [0, 0.05) is 0 Å². The Kier molecular flexibility index (Phi) is 37.1. The van der Waals surface area contributed by atoms with Crippen molar-refractivity contribution in [2.24, 2.45) is 0 Å². The fraction of sp³-hybridized carbons (Fsp3) is 0.884. The first kappa shape index (κ1) is 47.8. The van der Waals surface area contributed by atoms with E-state index < -0.39 is 36.9 Å². The van der Waals surface area contributed by atoms with E-state index in [-0.39, 0.29) is 0 Å². The van der Waals surface area contributed by atoms with Crippen molar-refractivity contribution < 1.29 is 25.2 Å². The van der Waals surface area contributed by atoms with E-state index in [4.69, 9.17) is 0 Å². The van der Waals surface area contributed by atoms with Crippen molar-refractivity contribution in [2.75, 3.05) is 6.61 Å². The van der Waals surface area contributed by atoms with Gasteiger partial charge in [-0.15, -0.1) is 0 Å². The number of carbonyl (C=O) groups excluding carboxylic acids is 1. The highest BCUT2D eigenvalue weighted by molar-refractivity contribution is 5.80. The molecule has 0 saturated heterocycles. The second-order valence-corrected chi connectivity index (χ2v) is 14.7. The summed E-state index contributed by atoms with van der Waals surface area (Å²) in [5.41, 5.74) is 0. The van der Waals surface area contributed by atoms with E-state index in [2.05, 4.69) is 43.5 Å². The number of carbonyl (C=O) groups is 1. The molecule has 0 aromatic rings. The first-order valence-corrected chi connectivity index (χ1v) is 21.2. The molecule has 49 heavy (non-hydrogen) atoms. The lowest BCUT2D eigenvalue weighted by atomic mass is 10.00. The molecule has 0 aromatic carbocycles. The quantitative estimate of drug-likeness (QED) is 0.0327. The molecule has 6 heteroatoms. The maximum absolute atomic E-state index is 12.5. The van der Waals surface area contributed by atoms with E-state index in [0.717, 1.165) is 44.9 Å². The predicted molar refractivity (Wildman–Crippen MR) is 210 cm³/mol. The molecule has 6 nitrogen and oxygen atoms in total. The summed E-state index contributed by atoms with van der Waals surface area (Å²) in [6.45, 7) is 4.02. The second kappa shape index (κ2) is 38.0. The van der Waals surface area contributed by atoms with Crippen molar-refractivity contribution in [1.82, 2.24) is 5.32 Å². The first-order chi connectivity index (χ1) is 24.0. The summed E-state index contributed by atoms with van der Waals surface area (Å²) < 4.78 is 0. The van der Waals surface area contributed by atoms with Gasteiger partial charge in [0.25, 0.3) is 0 Å². The fourth-order valence-corrected chi connectivity index (χ4v) is 6.46. The second-order valence-electron chi connectivity index (χ2n) is 14.7. The van der Waals surface area contributed by atoms with E-state index in [1.54, 1.807) is 0 Å². The van der Waals surface area contributed by atoms with Gasteiger partial charge in [0.1, 0.15) is 12.2 Å². The highest BCUT2D eigenvalue weighted by Crippen LogP contribution is 2.15. The fourth-order valence-electron chi connectivity index (χ4n) is 6.46. The molecule has 0 radical (unpaired) electrons. The first-order valence-electron chi connectivity index (χ1n) is 21.2. The molecule has 4 atom stereocenters. The van der Waals surface area contributed by atoms with E-state index in [9.17, 15) is 25.2 Å². The van der Waals surface area contributed by atoms with Crippen molar-refractivity contribution in [3.63, 3.8) is 0 Å². The van der Waals surface area contributed by atoms with Crippen molar-refractivity contribution in [1.29, 1.82) is 0 Å². The van der Waals surface area contributed by atoms with Gasteiger partial charge in [-0.05, 0) is 64.2 Å². The average molecular weight is 694 g/mol. The number of hydrogen-bond donors (Lipinski definition) is 5. The highest BCUT2D eigenvalue weighted by Gasteiger charge is 2.28. The molecule has 1 amide bonds. The van der Waals surface area contributed by atoms with E-state index in [1.165, 1.54) is 141 Å². The molecule has 0 bridgehead atoms. The smallest absolute Gasteiger partial charge is 0.249 e. The Hall–Kier alpha value is -1.21. The lowest BCUT2D eigenvalue weighted by Crippen LogP contribution is -2.53. The molecule has 0 saturated carbocycles. The zero-order valence-corrected chi connectivity index (χ0v) is 32.4. The van der Waals surface area contributed by atoms with E-state index in [0.29, 0.717) is 12.8 Å². The zero-order valence-electron chi connectivity index (χ0n) is 32.4. The molecule has 5 N–H and O–H groups in total. The predicted octanol–water partition coefficient (Wildman–Crippen LogP) is 10.8. The topological polar surface area (TPSA) is 110 Å². The molecular weight excluding hydrogens is 610 g/mol. The summed E-state index contributed by atoms with van der Waals surface area (Å²) in [7, 11) is 0. The third kappa shape index (κ3) is 32.4. The minimum atomic E-state index is -1.28. The number of rotatable bonds is 38. The molecule has 0 fully saturated rings. The van der Waals surface area contributed by atoms with Gasteiger partial charge in [0.2, 0.25) is 5.91 Å². The highest BCUT2D eigenvalue weighted by atomic mass is 16.3. The number of aliphatic hydroxyl groups excluding tert-OH is 4. The molecule has 290 valence electrons. The van der Waals surface area contributed by atoms with E-state index >= 15 is 0 Å². The van der Waals surface area contributed by atoms with Crippen LogP contribution < -0.4 is 5.32 Å². The zero-order chi connectivity index (χ0) is 36.0. The Labute approximate surface area is 304 Å². The van der Waals surface area contributed by atoms with Gasteiger partial charge in [0.05, 0.1) is 18.8 Å². The van der Waals surface area contributed by atoms with Gasteiger partial charge in [0.15, 0.2) is 0 Å². The van der Waals surface area contributed by atoms with Crippen LogP contribution >= 0.6 is 0 Å². The normalized spacial score (nSPS) is 14.5. The van der Waals surface area contributed by atoms with Crippen molar-refractivity contribution in [2.45, 2.75) is 237 Å². The van der Waals surface area contributed by atoms with Crippen LogP contribution in [0.15, 0.2) is 24.3 Å². The molecule has 0 aliphatic rings. The van der Waals surface area contributed by atoms with Crippen LogP contribution in [0.4, 0.5) is 0 Å². The Morgan fingerprint density at radius 3 is 1.22 bits per heavy atom. The Bertz CT molecular complexity index is 742. The third-order valence-corrected chi connectivity index (χ3v) is 9.88. The van der Waals surface area contributed by atoms with Gasteiger partial charge in [-0.2, -0.15) is 0 Å². The van der Waals surface area contributed by atoms with Crippen LogP contribution in [0.3, 0.4) is 0 Å². The number of hydrogen-bond acceptors (Lipinski definition) is 5. The Balaban J connectivity index is 3.76. The summed E-state index contributed by atoms with van der Waals surface area (Å²) in [6, 6.07) is -1.00. The summed E-state index contributed by atoms with van der Waals surface area (Å²) >= 11 is 0. The third-order valence-electron chi connectivity index (χ3n) is 9.88. The van der Waals surface area contributed by atoms with Gasteiger partial charge in [-0.25, -0.2) is 0 Å².